The molecule has 1 N–H and O–H groups in total. The lowest BCUT2D eigenvalue weighted by Gasteiger charge is -2.11. The Labute approximate surface area is 146 Å². The van der Waals surface area contributed by atoms with Gasteiger partial charge in [-0.15, -0.1) is 0 Å². The monoisotopic (exact) mass is 364 g/mol. The summed E-state index contributed by atoms with van der Waals surface area (Å²) in [6, 6.07) is 3.39. The van der Waals surface area contributed by atoms with Crippen LogP contribution in [0.3, 0.4) is 0 Å². The standard InChI is InChI=1S/C17H15F3N4O2/c1-10-5-12(6-22-16(10)26-9-17(18,19)20)7-24-8-13-14(23-24)3-4-21-15(13)11(2)25/h3-6,8,25H,2,7,9H2,1H3. The predicted molar refractivity (Wildman–Crippen MR) is 88.8 cm³/mol. The molecule has 9 heteroatoms. The minimum Gasteiger partial charge on any atom is -0.506 e. The second-order valence-electron chi connectivity index (χ2n) is 5.74. The van der Waals surface area contributed by atoms with Gasteiger partial charge >= 0.3 is 6.18 Å². The fourth-order valence-electron chi connectivity index (χ4n) is 2.50. The van der Waals surface area contributed by atoms with Crippen LogP contribution in [0.2, 0.25) is 0 Å². The third kappa shape index (κ3) is 3.93. The van der Waals surface area contributed by atoms with Gasteiger partial charge in [-0.25, -0.2) is 4.98 Å². The molecular formula is C17H15F3N4O2. The predicted octanol–water partition coefficient (Wildman–Crippen LogP) is 3.65. The molecule has 0 radical (unpaired) electrons. The van der Waals surface area contributed by atoms with Gasteiger partial charge in [0.2, 0.25) is 5.88 Å². The molecule has 26 heavy (non-hydrogen) atoms. The van der Waals surface area contributed by atoms with Crippen LogP contribution in [0.25, 0.3) is 16.7 Å². The number of ether oxygens (including phenoxy) is 1. The van der Waals surface area contributed by atoms with Crippen molar-refractivity contribution >= 4 is 16.7 Å². The summed E-state index contributed by atoms with van der Waals surface area (Å²) in [5.41, 5.74) is 2.22. The molecule has 3 aromatic rings. The van der Waals surface area contributed by atoms with Crippen LogP contribution in [0.15, 0.2) is 37.3 Å². The molecule has 3 heterocycles. The van der Waals surface area contributed by atoms with Gasteiger partial charge in [-0.05, 0) is 24.6 Å². The molecule has 0 saturated heterocycles. The number of hydrogen-bond acceptors (Lipinski definition) is 5. The third-order valence-electron chi connectivity index (χ3n) is 3.56. The van der Waals surface area contributed by atoms with E-state index >= 15 is 0 Å². The van der Waals surface area contributed by atoms with Crippen molar-refractivity contribution in [2.75, 3.05) is 6.61 Å². The Bertz CT molecular complexity index is 966. The van der Waals surface area contributed by atoms with Crippen molar-refractivity contribution in [3.05, 3.63) is 54.1 Å². The van der Waals surface area contributed by atoms with Gasteiger partial charge in [-0.2, -0.15) is 18.3 Å². The Hall–Kier alpha value is -3.10. The number of fused-ring (bicyclic) bond motifs is 1. The normalized spacial score (nSPS) is 11.7. The van der Waals surface area contributed by atoms with Crippen molar-refractivity contribution in [3.63, 3.8) is 0 Å². The summed E-state index contributed by atoms with van der Waals surface area (Å²) in [5.74, 6) is -0.210. The average Bonchev–Trinajstić information content (AvgIpc) is 2.95. The van der Waals surface area contributed by atoms with E-state index in [-0.39, 0.29) is 11.6 Å². The summed E-state index contributed by atoms with van der Waals surface area (Å²) >= 11 is 0. The lowest BCUT2D eigenvalue weighted by molar-refractivity contribution is -0.154. The summed E-state index contributed by atoms with van der Waals surface area (Å²) in [5, 5.41) is 14.6. The Morgan fingerprint density at radius 3 is 2.77 bits per heavy atom. The van der Waals surface area contributed by atoms with Crippen molar-refractivity contribution < 1.29 is 23.0 Å². The highest BCUT2D eigenvalue weighted by Crippen LogP contribution is 2.22. The minimum atomic E-state index is -4.41. The Balaban J connectivity index is 1.81. The fraction of sp³-hybridized carbons (Fsp3) is 0.235. The number of alkyl halides is 3. The van der Waals surface area contributed by atoms with Crippen LogP contribution >= 0.6 is 0 Å². The summed E-state index contributed by atoms with van der Waals surface area (Å²) < 4.78 is 43.0. The quantitative estimate of drug-likeness (QED) is 0.700. The molecule has 0 fully saturated rings. The van der Waals surface area contributed by atoms with E-state index in [2.05, 4.69) is 21.6 Å². The fourth-order valence-corrected chi connectivity index (χ4v) is 2.50. The molecule has 0 spiro atoms. The maximum absolute atomic E-state index is 12.2. The van der Waals surface area contributed by atoms with Crippen molar-refractivity contribution in [1.29, 1.82) is 0 Å². The van der Waals surface area contributed by atoms with Crippen LogP contribution in [-0.4, -0.2) is 37.6 Å². The molecule has 0 unspecified atom stereocenters. The van der Waals surface area contributed by atoms with E-state index in [1.807, 2.05) is 0 Å². The summed E-state index contributed by atoms with van der Waals surface area (Å²) in [4.78, 5) is 8.02. The Kier molecular flexibility index (Phi) is 4.54. The number of hydrogen-bond donors (Lipinski definition) is 1. The molecular weight excluding hydrogens is 349 g/mol. The highest BCUT2D eigenvalue weighted by Gasteiger charge is 2.29. The van der Waals surface area contributed by atoms with Gasteiger partial charge in [-0.3, -0.25) is 9.67 Å². The van der Waals surface area contributed by atoms with Gasteiger partial charge in [0.25, 0.3) is 0 Å². The zero-order valence-corrected chi connectivity index (χ0v) is 13.8. The van der Waals surface area contributed by atoms with Gasteiger partial charge < -0.3 is 9.84 Å². The highest BCUT2D eigenvalue weighted by molar-refractivity contribution is 5.87. The first-order valence-electron chi connectivity index (χ1n) is 7.58. The summed E-state index contributed by atoms with van der Waals surface area (Å²) in [7, 11) is 0. The van der Waals surface area contributed by atoms with E-state index in [4.69, 9.17) is 4.74 Å². The maximum atomic E-state index is 12.2. The van der Waals surface area contributed by atoms with E-state index in [9.17, 15) is 18.3 Å². The number of pyridine rings is 2. The van der Waals surface area contributed by atoms with Crippen LogP contribution < -0.4 is 4.74 Å². The van der Waals surface area contributed by atoms with E-state index in [0.717, 1.165) is 5.56 Å². The largest absolute Gasteiger partial charge is 0.506 e. The summed E-state index contributed by atoms with van der Waals surface area (Å²) in [6.45, 7) is 4.06. The number of halogens is 3. The first kappa shape index (κ1) is 17.7. The number of aromatic nitrogens is 4. The molecule has 0 aliphatic heterocycles. The molecule has 0 aliphatic carbocycles. The lowest BCUT2D eigenvalue weighted by atomic mass is 10.2. The topological polar surface area (TPSA) is 73.1 Å². The zero-order valence-electron chi connectivity index (χ0n) is 13.8. The van der Waals surface area contributed by atoms with Crippen molar-refractivity contribution in [2.45, 2.75) is 19.6 Å². The van der Waals surface area contributed by atoms with Gasteiger partial charge in [0.15, 0.2) is 6.61 Å². The van der Waals surface area contributed by atoms with Crippen LogP contribution in [0.1, 0.15) is 16.8 Å². The molecule has 0 amide bonds. The average molecular weight is 364 g/mol. The van der Waals surface area contributed by atoms with E-state index in [1.165, 1.54) is 12.4 Å². The van der Waals surface area contributed by atoms with Gasteiger partial charge in [0.1, 0.15) is 11.5 Å². The van der Waals surface area contributed by atoms with Crippen LogP contribution in [0.4, 0.5) is 13.2 Å². The molecule has 0 aromatic carbocycles. The molecule has 0 bridgehead atoms. The van der Waals surface area contributed by atoms with Crippen LogP contribution in [-0.2, 0) is 6.54 Å². The minimum absolute atomic E-state index is 0.0558. The zero-order chi connectivity index (χ0) is 18.9. The van der Waals surface area contributed by atoms with Gasteiger partial charge in [-0.1, -0.05) is 6.58 Å². The molecule has 3 aromatic heterocycles. The smallest absolute Gasteiger partial charge is 0.422 e. The second kappa shape index (κ2) is 6.66. The molecule has 0 aliphatic rings. The first-order chi connectivity index (χ1) is 12.2. The SMILES string of the molecule is C=C(O)c1nccc2nn(Cc3cnc(OCC(F)(F)F)c(C)c3)cc12. The number of aryl methyl sites for hydroxylation is 1. The van der Waals surface area contributed by atoms with Crippen LogP contribution in [0.5, 0.6) is 5.88 Å². The van der Waals surface area contributed by atoms with E-state index < -0.39 is 12.8 Å². The van der Waals surface area contributed by atoms with Crippen molar-refractivity contribution in [3.8, 4) is 5.88 Å². The van der Waals surface area contributed by atoms with Crippen molar-refractivity contribution in [1.82, 2.24) is 19.7 Å². The van der Waals surface area contributed by atoms with E-state index in [1.54, 1.807) is 29.9 Å². The Morgan fingerprint density at radius 2 is 2.12 bits per heavy atom. The van der Waals surface area contributed by atoms with Gasteiger partial charge in [0, 0.05) is 29.5 Å². The highest BCUT2D eigenvalue weighted by atomic mass is 19.4. The van der Waals surface area contributed by atoms with Crippen molar-refractivity contribution in [2.24, 2.45) is 0 Å². The number of aliphatic hydroxyl groups excluding tert-OH is 1. The third-order valence-corrected chi connectivity index (χ3v) is 3.56. The number of nitrogens with zero attached hydrogens (tertiary/aromatic N) is 4. The Morgan fingerprint density at radius 1 is 1.35 bits per heavy atom. The summed E-state index contributed by atoms with van der Waals surface area (Å²) in [6.07, 6.45) is 0.261. The molecule has 3 rings (SSSR count). The number of rotatable bonds is 5. The first-order valence-corrected chi connectivity index (χ1v) is 7.58. The molecule has 0 saturated carbocycles. The second-order valence-corrected chi connectivity index (χ2v) is 5.74. The molecule has 0 atom stereocenters. The van der Waals surface area contributed by atoms with E-state index in [0.29, 0.717) is 28.7 Å². The maximum Gasteiger partial charge on any atom is 0.422 e. The molecule has 136 valence electrons. The lowest BCUT2D eigenvalue weighted by Crippen LogP contribution is -2.20. The van der Waals surface area contributed by atoms with Crippen LogP contribution in [0, 0.1) is 6.92 Å². The molecule has 6 nitrogen and oxygen atoms in total. The van der Waals surface area contributed by atoms with Gasteiger partial charge in [0.05, 0.1) is 12.1 Å². The number of aliphatic hydroxyl groups is 1.